The normalized spacial score (nSPS) is 15.6. The summed E-state index contributed by atoms with van der Waals surface area (Å²) in [5, 5.41) is 17.2. The van der Waals surface area contributed by atoms with E-state index in [4.69, 9.17) is 10.1 Å². The number of fused-ring (bicyclic) bond motifs is 1. The van der Waals surface area contributed by atoms with Crippen molar-refractivity contribution in [2.45, 2.75) is 19.4 Å². The van der Waals surface area contributed by atoms with Gasteiger partial charge in [0.05, 0.1) is 10.5 Å². The van der Waals surface area contributed by atoms with E-state index in [9.17, 15) is 5.11 Å². The topological polar surface area (TPSA) is 69.8 Å². The first kappa shape index (κ1) is 20.1. The second-order valence-corrected chi connectivity index (χ2v) is 9.51. The van der Waals surface area contributed by atoms with E-state index in [1.165, 1.54) is 0 Å². The zero-order valence-electron chi connectivity index (χ0n) is 17.8. The summed E-state index contributed by atoms with van der Waals surface area (Å²) in [6.07, 6.45) is 3.61. The molecule has 160 valence electrons. The Hall–Kier alpha value is -2.81. The van der Waals surface area contributed by atoms with E-state index in [2.05, 4.69) is 32.3 Å². The predicted molar refractivity (Wildman–Crippen MR) is 124 cm³/mol. The average molecular weight is 435 g/mol. The molecule has 0 aliphatic carbocycles. The van der Waals surface area contributed by atoms with Crippen molar-refractivity contribution in [1.82, 2.24) is 24.5 Å². The first-order valence-corrected chi connectivity index (χ1v) is 11.4. The molecule has 1 aliphatic heterocycles. The first-order chi connectivity index (χ1) is 15.0. The molecule has 31 heavy (non-hydrogen) atoms. The second kappa shape index (κ2) is 8.03. The molecule has 1 aliphatic rings. The van der Waals surface area contributed by atoms with E-state index in [0.29, 0.717) is 6.54 Å². The fourth-order valence-electron chi connectivity index (χ4n) is 4.13. The lowest BCUT2D eigenvalue weighted by atomic mass is 10.1. The van der Waals surface area contributed by atoms with Crippen LogP contribution in [0.25, 0.3) is 27.5 Å². The van der Waals surface area contributed by atoms with E-state index in [-0.39, 0.29) is 0 Å². The molecular weight excluding hydrogens is 408 g/mol. The van der Waals surface area contributed by atoms with Crippen molar-refractivity contribution < 1.29 is 5.11 Å². The fraction of sp³-hybridized carbons (Fsp3) is 0.348. The summed E-state index contributed by atoms with van der Waals surface area (Å²) >= 11 is 1.68. The van der Waals surface area contributed by atoms with E-state index < -0.39 is 5.60 Å². The molecule has 0 amide bonds. The Morgan fingerprint density at radius 2 is 1.81 bits per heavy atom. The van der Waals surface area contributed by atoms with Crippen molar-refractivity contribution in [3.63, 3.8) is 0 Å². The third-order valence-electron chi connectivity index (χ3n) is 5.48. The summed E-state index contributed by atoms with van der Waals surface area (Å²) in [7, 11) is 0. The van der Waals surface area contributed by atoms with Gasteiger partial charge >= 0.3 is 0 Å². The van der Waals surface area contributed by atoms with Gasteiger partial charge in [-0.05, 0) is 49.6 Å². The summed E-state index contributed by atoms with van der Waals surface area (Å²) in [5.74, 6) is 0.945. The summed E-state index contributed by atoms with van der Waals surface area (Å²) in [6, 6.07) is 12.3. The van der Waals surface area contributed by atoms with Gasteiger partial charge < -0.3 is 10.0 Å². The minimum atomic E-state index is -0.673. The Bertz CT molecular complexity index is 1160. The van der Waals surface area contributed by atoms with Crippen LogP contribution < -0.4 is 4.90 Å². The molecule has 8 heteroatoms. The minimum absolute atomic E-state index is 0.673. The molecule has 0 atom stereocenters. The van der Waals surface area contributed by atoms with Crippen molar-refractivity contribution in [1.29, 1.82) is 0 Å². The summed E-state index contributed by atoms with van der Waals surface area (Å²) in [4.78, 5) is 14.8. The van der Waals surface area contributed by atoms with Crippen LogP contribution in [0.15, 0.2) is 54.2 Å². The number of aliphatic hydroxyl groups is 1. The van der Waals surface area contributed by atoms with Crippen molar-refractivity contribution in [3.8, 4) is 21.8 Å². The van der Waals surface area contributed by atoms with Crippen molar-refractivity contribution in [2.24, 2.45) is 0 Å². The highest BCUT2D eigenvalue weighted by Crippen LogP contribution is 2.35. The van der Waals surface area contributed by atoms with Crippen LogP contribution >= 0.6 is 11.3 Å². The van der Waals surface area contributed by atoms with Crippen LogP contribution in [0.2, 0.25) is 0 Å². The zero-order chi connectivity index (χ0) is 21.4. The van der Waals surface area contributed by atoms with Gasteiger partial charge in [-0.3, -0.25) is 9.88 Å². The van der Waals surface area contributed by atoms with E-state index in [1.807, 2.05) is 42.6 Å². The van der Waals surface area contributed by atoms with E-state index >= 15 is 0 Å². The lowest BCUT2D eigenvalue weighted by Gasteiger charge is -2.37. The van der Waals surface area contributed by atoms with Gasteiger partial charge in [0.25, 0.3) is 0 Å². The molecule has 5 heterocycles. The van der Waals surface area contributed by atoms with Gasteiger partial charge in [0.15, 0.2) is 5.65 Å². The molecule has 0 radical (unpaired) electrons. The van der Waals surface area contributed by atoms with Gasteiger partial charge in [-0.25, -0.2) is 9.50 Å². The smallest absolute Gasteiger partial charge is 0.155 e. The average Bonchev–Trinajstić information content (AvgIpc) is 3.41. The van der Waals surface area contributed by atoms with Crippen LogP contribution in [0, 0.1) is 0 Å². The lowest BCUT2D eigenvalue weighted by Crippen LogP contribution is -2.50. The van der Waals surface area contributed by atoms with Gasteiger partial charge in [-0.2, -0.15) is 0 Å². The van der Waals surface area contributed by atoms with E-state index in [1.54, 1.807) is 23.7 Å². The molecule has 0 unspecified atom stereocenters. The molecule has 4 aromatic rings. The van der Waals surface area contributed by atoms with Crippen LogP contribution in [0.1, 0.15) is 13.8 Å². The van der Waals surface area contributed by atoms with Crippen molar-refractivity contribution >= 4 is 22.8 Å². The number of hydrogen-bond donors (Lipinski definition) is 1. The predicted octanol–water partition coefficient (Wildman–Crippen LogP) is 3.41. The number of thiophene rings is 1. The number of imidazole rings is 1. The molecular formula is C23H26N6OS. The van der Waals surface area contributed by atoms with E-state index in [0.717, 1.165) is 59.5 Å². The van der Waals surface area contributed by atoms with Crippen LogP contribution in [-0.4, -0.2) is 67.9 Å². The standard InChI is InChI=1S/C23H26N6OS/c1-23(2,30)16-27-11-13-28(14-12-27)20-6-5-19-25-21(18-4-3-15-31-18)22(29(19)26-20)17-7-9-24-10-8-17/h3-10,15,30H,11-14,16H2,1-2H3. The lowest BCUT2D eigenvalue weighted by molar-refractivity contribution is 0.0344. The molecule has 5 rings (SSSR count). The molecule has 0 saturated carbocycles. The second-order valence-electron chi connectivity index (χ2n) is 8.56. The summed E-state index contributed by atoms with van der Waals surface area (Å²) in [5.41, 5.74) is 3.14. The number of rotatable bonds is 5. The largest absolute Gasteiger partial charge is 0.389 e. The maximum atomic E-state index is 10.1. The number of nitrogens with zero attached hydrogens (tertiary/aromatic N) is 6. The highest BCUT2D eigenvalue weighted by atomic mass is 32.1. The fourth-order valence-corrected chi connectivity index (χ4v) is 4.84. The quantitative estimate of drug-likeness (QED) is 0.519. The Morgan fingerprint density at radius 1 is 1.03 bits per heavy atom. The Labute approximate surface area is 185 Å². The maximum Gasteiger partial charge on any atom is 0.155 e. The van der Waals surface area contributed by atoms with Crippen LogP contribution in [0.3, 0.4) is 0 Å². The molecule has 0 aromatic carbocycles. The van der Waals surface area contributed by atoms with Gasteiger partial charge in [0.1, 0.15) is 17.2 Å². The third kappa shape index (κ3) is 4.19. The van der Waals surface area contributed by atoms with Gasteiger partial charge in [-0.1, -0.05) is 6.07 Å². The highest BCUT2D eigenvalue weighted by molar-refractivity contribution is 7.13. The first-order valence-electron chi connectivity index (χ1n) is 10.5. The van der Waals surface area contributed by atoms with Crippen LogP contribution in [-0.2, 0) is 0 Å². The number of piperazine rings is 1. The number of β-amino-alcohol motifs (C(OH)–C–C–N with tert-alkyl or cyclic N) is 1. The summed E-state index contributed by atoms with van der Waals surface area (Å²) < 4.78 is 1.96. The molecule has 1 saturated heterocycles. The molecule has 1 N–H and O–H groups in total. The number of hydrogen-bond acceptors (Lipinski definition) is 7. The Morgan fingerprint density at radius 3 is 2.48 bits per heavy atom. The Balaban J connectivity index is 1.50. The molecule has 0 spiro atoms. The number of aromatic nitrogens is 4. The number of pyridine rings is 1. The van der Waals surface area contributed by atoms with Crippen LogP contribution in [0.5, 0.6) is 0 Å². The van der Waals surface area contributed by atoms with Crippen molar-refractivity contribution in [2.75, 3.05) is 37.6 Å². The zero-order valence-corrected chi connectivity index (χ0v) is 18.6. The van der Waals surface area contributed by atoms with Crippen molar-refractivity contribution in [3.05, 3.63) is 54.2 Å². The SMILES string of the molecule is CC(C)(O)CN1CCN(c2ccc3nc(-c4cccs4)c(-c4ccncc4)n3n2)CC1. The minimum Gasteiger partial charge on any atom is -0.389 e. The molecule has 7 nitrogen and oxygen atoms in total. The maximum absolute atomic E-state index is 10.1. The molecule has 0 bridgehead atoms. The van der Waals surface area contributed by atoms with Gasteiger partial charge in [0.2, 0.25) is 0 Å². The number of anilines is 1. The highest BCUT2D eigenvalue weighted by Gasteiger charge is 2.24. The van der Waals surface area contributed by atoms with Crippen LogP contribution in [0.4, 0.5) is 5.82 Å². The van der Waals surface area contributed by atoms with Gasteiger partial charge in [-0.15, -0.1) is 16.4 Å². The van der Waals surface area contributed by atoms with Gasteiger partial charge in [0, 0.05) is 50.7 Å². The third-order valence-corrected chi connectivity index (χ3v) is 6.36. The monoisotopic (exact) mass is 434 g/mol. The Kier molecular flexibility index (Phi) is 5.21. The molecule has 1 fully saturated rings. The molecule has 4 aromatic heterocycles. The summed E-state index contributed by atoms with van der Waals surface area (Å²) in [6.45, 7) is 7.98.